The van der Waals surface area contributed by atoms with E-state index in [1.807, 2.05) is 29.9 Å². The van der Waals surface area contributed by atoms with Gasteiger partial charge in [0, 0.05) is 38.4 Å². The summed E-state index contributed by atoms with van der Waals surface area (Å²) in [7, 11) is 1.91. The number of carbonyl (C=O) groups excluding carboxylic acids is 1. The van der Waals surface area contributed by atoms with E-state index in [-0.39, 0.29) is 5.91 Å². The Labute approximate surface area is 124 Å². The molecule has 1 aliphatic rings. The highest BCUT2D eigenvalue weighted by Gasteiger charge is 2.16. The number of amides is 1. The van der Waals surface area contributed by atoms with E-state index < -0.39 is 0 Å². The van der Waals surface area contributed by atoms with Gasteiger partial charge in [-0.25, -0.2) is 0 Å². The number of fused-ring (bicyclic) bond motifs is 1. The molecule has 2 aromatic rings. The van der Waals surface area contributed by atoms with Gasteiger partial charge in [0.1, 0.15) is 0 Å². The largest absolute Gasteiger partial charge is 0.384 e. The number of anilines is 1. The second kappa shape index (κ2) is 5.99. The third-order valence-electron chi connectivity index (χ3n) is 3.91. The minimum Gasteiger partial charge on any atom is -0.384 e. The van der Waals surface area contributed by atoms with Gasteiger partial charge < -0.3 is 10.6 Å². The normalized spacial score (nSPS) is 13.4. The molecule has 0 atom stereocenters. The molecule has 2 N–H and O–H groups in total. The Morgan fingerprint density at radius 1 is 1.43 bits per heavy atom. The predicted octanol–water partition coefficient (Wildman–Crippen LogP) is 1.75. The molecule has 0 saturated heterocycles. The molecule has 0 spiro atoms. The monoisotopic (exact) mass is 284 g/mol. The third-order valence-corrected chi connectivity index (χ3v) is 3.91. The van der Waals surface area contributed by atoms with Crippen molar-refractivity contribution in [2.24, 2.45) is 7.05 Å². The molecular weight excluding hydrogens is 264 g/mol. The number of para-hydroxylation sites is 1. The first-order valence-corrected chi connectivity index (χ1v) is 7.36. The molecule has 2 heterocycles. The summed E-state index contributed by atoms with van der Waals surface area (Å²) in [4.78, 5) is 12.4. The fraction of sp³-hybridized carbons (Fsp3) is 0.375. The lowest BCUT2D eigenvalue weighted by Gasteiger charge is -2.20. The molecular formula is C16H20N4O. The van der Waals surface area contributed by atoms with Crippen LogP contribution in [0.15, 0.2) is 30.5 Å². The number of nitrogens with zero attached hydrogens (tertiary/aromatic N) is 2. The fourth-order valence-corrected chi connectivity index (χ4v) is 2.74. The van der Waals surface area contributed by atoms with Crippen LogP contribution in [0.25, 0.3) is 0 Å². The van der Waals surface area contributed by atoms with Crippen molar-refractivity contribution in [3.8, 4) is 0 Å². The minimum atomic E-state index is -0.0107. The van der Waals surface area contributed by atoms with Crippen LogP contribution in [-0.4, -0.2) is 28.8 Å². The zero-order valence-electron chi connectivity index (χ0n) is 12.2. The lowest BCUT2D eigenvalue weighted by atomic mass is 9.99. The molecule has 0 aliphatic carbocycles. The molecule has 0 radical (unpaired) electrons. The molecule has 1 amide bonds. The first kappa shape index (κ1) is 13.7. The molecule has 3 rings (SSSR count). The summed E-state index contributed by atoms with van der Waals surface area (Å²) in [5, 5.41) is 10.5. The lowest BCUT2D eigenvalue weighted by Crippen LogP contribution is -2.28. The average molecular weight is 284 g/mol. The smallest absolute Gasteiger partial charge is 0.253 e. The van der Waals surface area contributed by atoms with E-state index in [2.05, 4.69) is 21.8 Å². The minimum absolute atomic E-state index is 0.0107. The number of hydrogen-bond acceptors (Lipinski definition) is 3. The second-order valence-electron chi connectivity index (χ2n) is 5.32. The Morgan fingerprint density at radius 2 is 2.33 bits per heavy atom. The predicted molar refractivity (Wildman–Crippen MR) is 82.5 cm³/mol. The molecule has 1 aromatic heterocycles. The number of rotatable bonds is 4. The van der Waals surface area contributed by atoms with Crippen molar-refractivity contribution in [3.63, 3.8) is 0 Å². The van der Waals surface area contributed by atoms with E-state index in [9.17, 15) is 4.79 Å². The van der Waals surface area contributed by atoms with Gasteiger partial charge in [-0.05, 0) is 30.5 Å². The molecule has 21 heavy (non-hydrogen) atoms. The number of nitrogens with one attached hydrogen (secondary N) is 2. The summed E-state index contributed by atoms with van der Waals surface area (Å²) in [6.45, 7) is 1.55. The van der Waals surface area contributed by atoms with Gasteiger partial charge in [0.25, 0.3) is 5.91 Å². The zero-order chi connectivity index (χ0) is 14.7. The molecule has 0 saturated carbocycles. The number of aromatic nitrogens is 2. The Balaban J connectivity index is 1.64. The van der Waals surface area contributed by atoms with Crippen LogP contribution < -0.4 is 10.6 Å². The molecule has 110 valence electrons. The van der Waals surface area contributed by atoms with Crippen molar-refractivity contribution in [3.05, 3.63) is 47.3 Å². The number of hydrogen-bond donors (Lipinski definition) is 2. The summed E-state index contributed by atoms with van der Waals surface area (Å²) < 4.78 is 1.83. The van der Waals surface area contributed by atoms with E-state index >= 15 is 0 Å². The molecule has 1 aliphatic heterocycles. The second-order valence-corrected chi connectivity index (χ2v) is 5.32. The van der Waals surface area contributed by atoms with Gasteiger partial charge in [-0.1, -0.05) is 12.1 Å². The van der Waals surface area contributed by atoms with Gasteiger partial charge in [0.05, 0.1) is 11.3 Å². The summed E-state index contributed by atoms with van der Waals surface area (Å²) in [5.74, 6) is -0.0107. The molecule has 5 nitrogen and oxygen atoms in total. The SMILES string of the molecule is Cn1nccc1CCNC(=O)c1cccc2c1NCCC2. The van der Waals surface area contributed by atoms with Gasteiger partial charge in [0.15, 0.2) is 0 Å². The molecule has 1 aromatic carbocycles. The summed E-state index contributed by atoms with van der Waals surface area (Å²) in [6, 6.07) is 7.91. The standard InChI is InChI=1S/C16H20N4O/c1-20-13(8-11-19-20)7-10-18-16(21)14-6-2-4-12-5-3-9-17-15(12)14/h2,4,6,8,11,17H,3,5,7,9-10H2,1H3,(H,18,21). The quantitative estimate of drug-likeness (QED) is 0.899. The van der Waals surface area contributed by atoms with E-state index in [0.29, 0.717) is 6.54 Å². The lowest BCUT2D eigenvalue weighted by molar-refractivity contribution is 0.0954. The summed E-state index contributed by atoms with van der Waals surface area (Å²) in [6.07, 6.45) is 4.72. The van der Waals surface area contributed by atoms with Crippen LogP contribution in [0.2, 0.25) is 0 Å². The molecule has 0 bridgehead atoms. The van der Waals surface area contributed by atoms with Gasteiger partial charge in [-0.3, -0.25) is 9.48 Å². The van der Waals surface area contributed by atoms with E-state index in [4.69, 9.17) is 0 Å². The van der Waals surface area contributed by atoms with Crippen LogP contribution in [-0.2, 0) is 19.9 Å². The van der Waals surface area contributed by atoms with E-state index in [1.165, 1.54) is 5.56 Å². The maximum atomic E-state index is 12.4. The maximum absolute atomic E-state index is 12.4. The van der Waals surface area contributed by atoms with E-state index in [0.717, 1.165) is 42.8 Å². The van der Waals surface area contributed by atoms with Gasteiger partial charge in [-0.2, -0.15) is 5.10 Å². The van der Waals surface area contributed by atoms with Crippen LogP contribution in [0.4, 0.5) is 5.69 Å². The topological polar surface area (TPSA) is 59.0 Å². The average Bonchev–Trinajstić information content (AvgIpc) is 2.92. The number of carbonyl (C=O) groups is 1. The maximum Gasteiger partial charge on any atom is 0.253 e. The van der Waals surface area contributed by atoms with Crippen molar-refractivity contribution < 1.29 is 4.79 Å². The van der Waals surface area contributed by atoms with Crippen molar-refractivity contribution in [2.75, 3.05) is 18.4 Å². The fourth-order valence-electron chi connectivity index (χ4n) is 2.74. The van der Waals surface area contributed by atoms with Crippen LogP contribution in [0.5, 0.6) is 0 Å². The highest BCUT2D eigenvalue weighted by molar-refractivity contribution is 6.00. The Bertz CT molecular complexity index is 647. The Kier molecular flexibility index (Phi) is 3.90. The van der Waals surface area contributed by atoms with Crippen molar-refractivity contribution >= 4 is 11.6 Å². The van der Waals surface area contributed by atoms with Crippen molar-refractivity contribution in [1.29, 1.82) is 0 Å². The van der Waals surface area contributed by atoms with Crippen molar-refractivity contribution in [2.45, 2.75) is 19.3 Å². The van der Waals surface area contributed by atoms with Crippen LogP contribution in [0.3, 0.4) is 0 Å². The first-order valence-electron chi connectivity index (χ1n) is 7.36. The van der Waals surface area contributed by atoms with Crippen molar-refractivity contribution in [1.82, 2.24) is 15.1 Å². The van der Waals surface area contributed by atoms with Crippen LogP contribution in [0, 0.1) is 0 Å². The van der Waals surface area contributed by atoms with Crippen LogP contribution in [0.1, 0.15) is 28.0 Å². The zero-order valence-corrected chi connectivity index (χ0v) is 12.2. The van der Waals surface area contributed by atoms with Gasteiger partial charge >= 0.3 is 0 Å². The Morgan fingerprint density at radius 3 is 3.14 bits per heavy atom. The summed E-state index contributed by atoms with van der Waals surface area (Å²) >= 11 is 0. The highest BCUT2D eigenvalue weighted by atomic mass is 16.1. The summed E-state index contributed by atoms with van der Waals surface area (Å²) in [5.41, 5.74) is 4.10. The Hall–Kier alpha value is -2.30. The number of aryl methyl sites for hydroxylation is 2. The molecule has 0 fully saturated rings. The molecule has 5 heteroatoms. The molecule has 0 unspecified atom stereocenters. The van der Waals surface area contributed by atoms with Gasteiger partial charge in [0.2, 0.25) is 0 Å². The first-order chi connectivity index (χ1) is 10.3. The van der Waals surface area contributed by atoms with Gasteiger partial charge in [-0.15, -0.1) is 0 Å². The highest BCUT2D eigenvalue weighted by Crippen LogP contribution is 2.25. The van der Waals surface area contributed by atoms with Crippen LogP contribution >= 0.6 is 0 Å². The number of benzene rings is 1. The van der Waals surface area contributed by atoms with E-state index in [1.54, 1.807) is 6.20 Å². The third kappa shape index (κ3) is 2.91.